The molecule has 0 amide bonds. The van der Waals surface area contributed by atoms with E-state index in [-0.39, 0.29) is 19.4 Å². The average Bonchev–Trinajstić information content (AvgIpc) is 3.14. The number of carbonyl (C=O) groups is 2. The maximum absolute atomic E-state index is 12.6. The number of aliphatic hydroxyl groups excluding tert-OH is 2. The molecular weight excluding hydrogens is 695 g/mol. The summed E-state index contributed by atoms with van der Waals surface area (Å²) in [5.41, 5.74) is 0. The van der Waals surface area contributed by atoms with Crippen LogP contribution in [0, 0.1) is 0 Å². The lowest BCUT2D eigenvalue weighted by Gasteiger charge is -2.20. The van der Waals surface area contributed by atoms with Crippen LogP contribution in [-0.4, -0.2) is 65.7 Å². The Kier molecular flexibility index (Phi) is 37.2. The summed E-state index contributed by atoms with van der Waals surface area (Å²) < 4.78 is 32.6. The van der Waals surface area contributed by atoms with Gasteiger partial charge < -0.3 is 24.6 Å². The van der Waals surface area contributed by atoms with Gasteiger partial charge in [-0.3, -0.25) is 18.6 Å². The number of unbranched alkanes of at least 4 members (excludes halogenated alkanes) is 19. The fourth-order valence-corrected chi connectivity index (χ4v) is 6.28. The van der Waals surface area contributed by atoms with Crippen LogP contribution in [-0.2, 0) is 32.7 Å². The molecular formula is C42H77O10P. The van der Waals surface area contributed by atoms with Crippen molar-refractivity contribution in [1.29, 1.82) is 0 Å². The summed E-state index contributed by atoms with van der Waals surface area (Å²) in [7, 11) is -4.62. The van der Waals surface area contributed by atoms with E-state index < -0.39 is 51.8 Å². The third-order valence-corrected chi connectivity index (χ3v) is 9.72. The van der Waals surface area contributed by atoms with Crippen molar-refractivity contribution in [3.63, 3.8) is 0 Å². The molecule has 10 nitrogen and oxygen atoms in total. The summed E-state index contributed by atoms with van der Waals surface area (Å²) in [5.74, 6) is -0.966. The predicted molar refractivity (Wildman–Crippen MR) is 214 cm³/mol. The molecule has 0 rings (SSSR count). The summed E-state index contributed by atoms with van der Waals surface area (Å²) >= 11 is 0. The molecule has 1 unspecified atom stereocenters. The Bertz CT molecular complexity index is 983. The van der Waals surface area contributed by atoms with Crippen LogP contribution in [0.25, 0.3) is 0 Å². The largest absolute Gasteiger partial charge is 0.472 e. The normalized spacial score (nSPS) is 14.3. The third kappa shape index (κ3) is 38.3. The van der Waals surface area contributed by atoms with Crippen LogP contribution in [0.5, 0.6) is 0 Å². The lowest BCUT2D eigenvalue weighted by Crippen LogP contribution is -2.29. The minimum atomic E-state index is -4.62. The Morgan fingerprint density at radius 1 is 0.566 bits per heavy atom. The van der Waals surface area contributed by atoms with Crippen molar-refractivity contribution < 1.29 is 47.8 Å². The number of hydrogen-bond acceptors (Lipinski definition) is 9. The highest BCUT2D eigenvalue weighted by Crippen LogP contribution is 2.43. The standard InChI is InChI=1S/C42H77O10P/c1-3-5-7-9-11-13-15-17-19-21-23-25-27-29-31-33-41(45)49-37-40(38-51-53(47,48)50-36-39(44)35-43)52-42(46)34-32-30-28-26-24-22-20-18-16-14-12-10-8-6-4-2/h11,13,17,19,24,26,39-40,43-44H,3-10,12,14-16,18,20-23,25,27-38H2,1-2H3,(H,47,48)/b13-11+,19-17+,26-24+/t39-,40+/m0/s1. The van der Waals surface area contributed by atoms with Gasteiger partial charge in [-0.2, -0.15) is 0 Å². The van der Waals surface area contributed by atoms with Gasteiger partial charge in [0, 0.05) is 12.8 Å². The first kappa shape index (κ1) is 51.2. The van der Waals surface area contributed by atoms with Crippen LogP contribution in [0.3, 0.4) is 0 Å². The number of phosphoric ester groups is 1. The van der Waals surface area contributed by atoms with E-state index in [1.807, 2.05) is 0 Å². The molecule has 0 aliphatic heterocycles. The van der Waals surface area contributed by atoms with Crippen molar-refractivity contribution in [1.82, 2.24) is 0 Å². The zero-order valence-corrected chi connectivity index (χ0v) is 34.4. The van der Waals surface area contributed by atoms with Crippen molar-refractivity contribution in [2.75, 3.05) is 26.4 Å². The molecule has 0 saturated heterocycles. The van der Waals surface area contributed by atoms with Gasteiger partial charge in [0.15, 0.2) is 6.10 Å². The first-order valence-corrected chi connectivity index (χ1v) is 22.4. The molecule has 0 aliphatic rings. The van der Waals surface area contributed by atoms with Gasteiger partial charge in [-0.25, -0.2) is 4.57 Å². The summed E-state index contributed by atoms with van der Waals surface area (Å²) in [6.45, 7) is 2.31. The Labute approximate surface area is 322 Å². The van der Waals surface area contributed by atoms with Crippen LogP contribution in [0.4, 0.5) is 0 Å². The second-order valence-electron chi connectivity index (χ2n) is 14.0. The molecule has 0 bridgehead atoms. The number of aliphatic hydroxyl groups is 2. The van der Waals surface area contributed by atoms with Crippen LogP contribution in [0.1, 0.15) is 181 Å². The van der Waals surface area contributed by atoms with E-state index in [0.717, 1.165) is 64.2 Å². The van der Waals surface area contributed by atoms with Gasteiger partial charge in [0.1, 0.15) is 12.7 Å². The zero-order valence-electron chi connectivity index (χ0n) is 33.5. The summed E-state index contributed by atoms with van der Waals surface area (Å²) in [6.07, 6.45) is 38.2. The minimum Gasteiger partial charge on any atom is -0.462 e. The van der Waals surface area contributed by atoms with Gasteiger partial charge in [-0.1, -0.05) is 134 Å². The highest BCUT2D eigenvalue weighted by Gasteiger charge is 2.27. The molecule has 0 spiro atoms. The van der Waals surface area contributed by atoms with Crippen LogP contribution < -0.4 is 0 Å². The van der Waals surface area contributed by atoms with Crippen molar-refractivity contribution in [2.45, 2.75) is 193 Å². The highest BCUT2D eigenvalue weighted by atomic mass is 31.2. The van der Waals surface area contributed by atoms with E-state index in [0.29, 0.717) is 12.8 Å². The summed E-state index contributed by atoms with van der Waals surface area (Å²) in [4.78, 5) is 34.9. The minimum absolute atomic E-state index is 0.151. The molecule has 3 N–H and O–H groups in total. The molecule has 53 heavy (non-hydrogen) atoms. The van der Waals surface area contributed by atoms with E-state index in [4.69, 9.17) is 19.1 Å². The topological polar surface area (TPSA) is 149 Å². The number of hydrogen-bond donors (Lipinski definition) is 3. The Balaban J connectivity index is 4.37. The number of rotatable bonds is 39. The van der Waals surface area contributed by atoms with Crippen LogP contribution in [0.15, 0.2) is 36.5 Å². The maximum Gasteiger partial charge on any atom is 0.472 e. The molecule has 0 saturated carbocycles. The van der Waals surface area contributed by atoms with Gasteiger partial charge in [-0.05, 0) is 70.6 Å². The molecule has 11 heteroatoms. The molecule has 0 aliphatic carbocycles. The Morgan fingerprint density at radius 3 is 1.55 bits per heavy atom. The SMILES string of the molecule is CCCCC/C=C/C/C=C/CCCCCCCC(=O)OC[C@H](COP(=O)(O)OC[C@@H](O)CO)OC(=O)CCCC/C=C/CCCCCCCCCCC. The number of ether oxygens (including phenoxy) is 2. The van der Waals surface area contributed by atoms with E-state index in [1.54, 1.807) is 0 Å². The monoisotopic (exact) mass is 773 g/mol. The van der Waals surface area contributed by atoms with Gasteiger partial charge >= 0.3 is 19.8 Å². The van der Waals surface area contributed by atoms with Gasteiger partial charge in [0.05, 0.1) is 19.8 Å². The molecule has 0 fully saturated rings. The number of allylic oxidation sites excluding steroid dienone is 6. The zero-order chi connectivity index (χ0) is 39.1. The number of esters is 2. The third-order valence-electron chi connectivity index (χ3n) is 8.77. The summed E-state index contributed by atoms with van der Waals surface area (Å²) in [6, 6.07) is 0. The van der Waals surface area contributed by atoms with Crippen molar-refractivity contribution >= 4 is 19.8 Å². The van der Waals surface area contributed by atoms with E-state index >= 15 is 0 Å². The van der Waals surface area contributed by atoms with Crippen molar-refractivity contribution in [2.24, 2.45) is 0 Å². The molecule has 0 aromatic carbocycles. The molecule has 0 radical (unpaired) electrons. The number of phosphoric acid groups is 1. The van der Waals surface area contributed by atoms with Crippen molar-refractivity contribution in [3.05, 3.63) is 36.5 Å². The van der Waals surface area contributed by atoms with E-state index in [1.165, 1.54) is 77.0 Å². The van der Waals surface area contributed by atoms with Crippen molar-refractivity contribution in [3.8, 4) is 0 Å². The van der Waals surface area contributed by atoms with Crippen LogP contribution in [0.2, 0.25) is 0 Å². The molecule has 310 valence electrons. The van der Waals surface area contributed by atoms with Gasteiger partial charge in [-0.15, -0.1) is 0 Å². The van der Waals surface area contributed by atoms with Crippen LogP contribution >= 0.6 is 7.82 Å². The first-order chi connectivity index (χ1) is 25.7. The maximum atomic E-state index is 12.6. The quantitative estimate of drug-likeness (QED) is 0.0238. The fourth-order valence-electron chi connectivity index (χ4n) is 5.49. The highest BCUT2D eigenvalue weighted by molar-refractivity contribution is 7.47. The molecule has 0 aromatic heterocycles. The van der Waals surface area contributed by atoms with E-state index in [2.05, 4.69) is 54.8 Å². The van der Waals surface area contributed by atoms with Gasteiger partial charge in [0.2, 0.25) is 0 Å². The summed E-state index contributed by atoms with van der Waals surface area (Å²) in [5, 5.41) is 18.3. The van der Waals surface area contributed by atoms with E-state index in [9.17, 15) is 24.2 Å². The Hall–Kier alpha value is -1.81. The number of carbonyl (C=O) groups excluding carboxylic acids is 2. The van der Waals surface area contributed by atoms with Gasteiger partial charge in [0.25, 0.3) is 0 Å². The predicted octanol–water partition coefficient (Wildman–Crippen LogP) is 10.8. The average molecular weight is 773 g/mol. The lowest BCUT2D eigenvalue weighted by atomic mass is 10.1. The Morgan fingerprint density at radius 2 is 0.981 bits per heavy atom. The second-order valence-corrected chi connectivity index (χ2v) is 15.5. The first-order valence-electron chi connectivity index (χ1n) is 20.9. The molecule has 3 atom stereocenters. The molecule has 0 aromatic rings. The second kappa shape index (κ2) is 38.5. The smallest absolute Gasteiger partial charge is 0.462 e. The molecule has 0 heterocycles. The lowest BCUT2D eigenvalue weighted by molar-refractivity contribution is -0.161. The fraction of sp³-hybridized carbons (Fsp3) is 0.810.